The molecule has 1 aromatic rings. The summed E-state index contributed by atoms with van der Waals surface area (Å²) >= 11 is 0. The largest absolute Gasteiger partial charge is 0.481 e. The molecule has 0 aromatic carbocycles. The predicted octanol–water partition coefficient (Wildman–Crippen LogP) is 2.12. The average molecular weight is 222 g/mol. The summed E-state index contributed by atoms with van der Waals surface area (Å²) < 4.78 is 0. The molecule has 0 amide bonds. The Balaban J connectivity index is 2.71. The molecule has 0 aliphatic heterocycles. The molecule has 0 aliphatic carbocycles. The van der Waals surface area contributed by atoms with Crippen LogP contribution in [0, 0.1) is 0 Å². The van der Waals surface area contributed by atoms with E-state index in [1.54, 1.807) is 6.20 Å². The van der Waals surface area contributed by atoms with Gasteiger partial charge >= 0.3 is 5.97 Å². The van der Waals surface area contributed by atoms with Crippen molar-refractivity contribution in [2.45, 2.75) is 26.2 Å². The molecule has 1 N–H and O–H groups in total. The number of rotatable bonds is 5. The highest BCUT2D eigenvalue weighted by Crippen LogP contribution is 2.18. The molecule has 1 rings (SSSR count). The summed E-state index contributed by atoms with van der Waals surface area (Å²) in [6.45, 7) is 4.72. The number of carboxylic acids is 1. The quantitative estimate of drug-likeness (QED) is 0.829. The summed E-state index contributed by atoms with van der Waals surface area (Å²) in [5.41, 5.74) is 1.21. The zero-order chi connectivity index (χ0) is 12.1. The molecule has 0 bridgehead atoms. The van der Waals surface area contributed by atoms with Gasteiger partial charge in [-0.15, -0.1) is 0 Å². The van der Waals surface area contributed by atoms with Gasteiger partial charge in [0.25, 0.3) is 0 Å². The summed E-state index contributed by atoms with van der Waals surface area (Å²) in [6.07, 6.45) is 1.89. The maximum atomic E-state index is 10.5. The second-order valence-electron chi connectivity index (χ2n) is 4.17. The normalized spacial score (nSPS) is 10.5. The molecule has 0 saturated heterocycles. The van der Waals surface area contributed by atoms with Gasteiger partial charge in [-0.1, -0.05) is 13.8 Å². The first kappa shape index (κ1) is 12.5. The van der Waals surface area contributed by atoms with Gasteiger partial charge in [0.1, 0.15) is 5.82 Å². The van der Waals surface area contributed by atoms with Crippen molar-refractivity contribution in [1.29, 1.82) is 0 Å². The minimum absolute atomic E-state index is 0.129. The monoisotopic (exact) mass is 222 g/mol. The van der Waals surface area contributed by atoms with Crippen LogP contribution in [-0.2, 0) is 4.79 Å². The van der Waals surface area contributed by atoms with Gasteiger partial charge in [0.2, 0.25) is 0 Å². The molecule has 4 nitrogen and oxygen atoms in total. The molecule has 1 heterocycles. The highest BCUT2D eigenvalue weighted by molar-refractivity contribution is 5.67. The summed E-state index contributed by atoms with van der Waals surface area (Å²) in [5.74, 6) is 0.494. The number of carboxylic acid groups (broad SMARTS) is 1. The molecule has 0 radical (unpaired) electrons. The number of anilines is 1. The van der Waals surface area contributed by atoms with Crippen LogP contribution >= 0.6 is 0 Å². The van der Waals surface area contributed by atoms with Gasteiger partial charge in [-0.3, -0.25) is 4.79 Å². The van der Waals surface area contributed by atoms with Gasteiger partial charge in [0.05, 0.1) is 6.42 Å². The summed E-state index contributed by atoms with van der Waals surface area (Å²) in [4.78, 5) is 16.6. The van der Waals surface area contributed by atoms with Crippen LogP contribution in [0.25, 0.3) is 0 Å². The lowest BCUT2D eigenvalue weighted by molar-refractivity contribution is -0.136. The van der Waals surface area contributed by atoms with E-state index in [0.29, 0.717) is 12.5 Å². The van der Waals surface area contributed by atoms with E-state index >= 15 is 0 Å². The Kier molecular flexibility index (Phi) is 4.28. The first-order valence-electron chi connectivity index (χ1n) is 5.39. The Morgan fingerprint density at radius 3 is 2.81 bits per heavy atom. The van der Waals surface area contributed by atoms with Crippen molar-refractivity contribution in [1.82, 2.24) is 4.98 Å². The molecule has 0 saturated carbocycles. The van der Waals surface area contributed by atoms with Crippen molar-refractivity contribution in [3.8, 4) is 0 Å². The zero-order valence-corrected chi connectivity index (χ0v) is 9.97. The van der Waals surface area contributed by atoms with E-state index in [1.165, 1.54) is 5.56 Å². The maximum Gasteiger partial charge on any atom is 0.305 e. The molecule has 88 valence electrons. The Morgan fingerprint density at radius 2 is 2.25 bits per heavy atom. The Morgan fingerprint density at radius 1 is 1.56 bits per heavy atom. The molecule has 0 unspecified atom stereocenters. The van der Waals surface area contributed by atoms with Crippen LogP contribution in [0.2, 0.25) is 0 Å². The average Bonchev–Trinajstić information content (AvgIpc) is 2.26. The third kappa shape index (κ3) is 3.53. The maximum absolute atomic E-state index is 10.5. The lowest BCUT2D eigenvalue weighted by atomic mass is 10.1. The second kappa shape index (κ2) is 5.49. The Labute approximate surface area is 95.9 Å². The standard InChI is InChI=1S/C12H18N2O2/c1-9(2)10-4-6-13-11(8-10)14(3)7-5-12(15)16/h4,6,8-9H,5,7H2,1-3H3,(H,15,16). The van der Waals surface area contributed by atoms with Crippen LogP contribution in [0.1, 0.15) is 31.7 Å². The van der Waals surface area contributed by atoms with Crippen LogP contribution < -0.4 is 4.90 Å². The first-order chi connectivity index (χ1) is 7.50. The van der Waals surface area contributed by atoms with Gasteiger partial charge in [-0.05, 0) is 23.6 Å². The number of hydrogen-bond acceptors (Lipinski definition) is 3. The predicted molar refractivity (Wildman–Crippen MR) is 63.8 cm³/mol. The van der Waals surface area contributed by atoms with E-state index in [9.17, 15) is 4.79 Å². The molecule has 0 fully saturated rings. The van der Waals surface area contributed by atoms with Crippen molar-refractivity contribution >= 4 is 11.8 Å². The molecule has 4 heteroatoms. The molecular formula is C12H18N2O2. The van der Waals surface area contributed by atoms with Crippen LogP contribution in [0.5, 0.6) is 0 Å². The molecule has 0 spiro atoms. The van der Waals surface area contributed by atoms with E-state index in [0.717, 1.165) is 5.82 Å². The SMILES string of the molecule is CC(C)c1ccnc(N(C)CCC(=O)O)c1. The zero-order valence-electron chi connectivity index (χ0n) is 9.97. The van der Waals surface area contributed by atoms with Gasteiger partial charge < -0.3 is 10.0 Å². The minimum Gasteiger partial charge on any atom is -0.481 e. The number of hydrogen-bond donors (Lipinski definition) is 1. The Hall–Kier alpha value is -1.58. The summed E-state index contributed by atoms with van der Waals surface area (Å²) in [5, 5.41) is 8.61. The van der Waals surface area contributed by atoms with E-state index < -0.39 is 5.97 Å². The molecule has 16 heavy (non-hydrogen) atoms. The Bertz CT molecular complexity index is 364. The van der Waals surface area contributed by atoms with Gasteiger partial charge in [-0.2, -0.15) is 0 Å². The smallest absolute Gasteiger partial charge is 0.305 e. The fraction of sp³-hybridized carbons (Fsp3) is 0.500. The molecular weight excluding hydrogens is 204 g/mol. The van der Waals surface area contributed by atoms with Crippen molar-refractivity contribution in [2.24, 2.45) is 0 Å². The van der Waals surface area contributed by atoms with Crippen LogP contribution in [0.4, 0.5) is 5.82 Å². The van der Waals surface area contributed by atoms with Crippen LogP contribution in [-0.4, -0.2) is 29.7 Å². The number of aliphatic carboxylic acids is 1. The molecule has 0 aliphatic rings. The van der Waals surface area contributed by atoms with Crippen molar-refractivity contribution in [3.63, 3.8) is 0 Å². The lowest BCUT2D eigenvalue weighted by Crippen LogP contribution is -2.22. The van der Waals surface area contributed by atoms with Crippen molar-refractivity contribution in [3.05, 3.63) is 23.9 Å². The fourth-order valence-electron chi connectivity index (χ4n) is 1.38. The number of aromatic nitrogens is 1. The van der Waals surface area contributed by atoms with Crippen molar-refractivity contribution in [2.75, 3.05) is 18.5 Å². The minimum atomic E-state index is -0.785. The molecule has 1 aromatic heterocycles. The van der Waals surface area contributed by atoms with Gasteiger partial charge in [0, 0.05) is 19.8 Å². The summed E-state index contributed by atoms with van der Waals surface area (Å²) in [7, 11) is 1.86. The van der Waals surface area contributed by atoms with E-state index in [2.05, 4.69) is 18.8 Å². The van der Waals surface area contributed by atoms with Gasteiger partial charge in [0.15, 0.2) is 0 Å². The number of nitrogens with zero attached hydrogens (tertiary/aromatic N) is 2. The topological polar surface area (TPSA) is 53.4 Å². The number of carbonyl (C=O) groups is 1. The van der Waals surface area contributed by atoms with Crippen LogP contribution in [0.15, 0.2) is 18.3 Å². The van der Waals surface area contributed by atoms with Crippen molar-refractivity contribution < 1.29 is 9.90 Å². The highest BCUT2D eigenvalue weighted by atomic mass is 16.4. The fourth-order valence-corrected chi connectivity index (χ4v) is 1.38. The van der Waals surface area contributed by atoms with E-state index in [1.807, 2.05) is 24.1 Å². The third-order valence-electron chi connectivity index (χ3n) is 2.49. The molecule has 0 atom stereocenters. The number of pyridine rings is 1. The first-order valence-corrected chi connectivity index (χ1v) is 5.39. The second-order valence-corrected chi connectivity index (χ2v) is 4.17. The van der Waals surface area contributed by atoms with E-state index in [4.69, 9.17) is 5.11 Å². The highest BCUT2D eigenvalue weighted by Gasteiger charge is 2.07. The third-order valence-corrected chi connectivity index (χ3v) is 2.49. The van der Waals surface area contributed by atoms with E-state index in [-0.39, 0.29) is 6.42 Å². The van der Waals surface area contributed by atoms with Crippen LogP contribution in [0.3, 0.4) is 0 Å². The van der Waals surface area contributed by atoms with Gasteiger partial charge in [-0.25, -0.2) is 4.98 Å². The lowest BCUT2D eigenvalue weighted by Gasteiger charge is -2.18. The summed E-state index contributed by atoms with van der Waals surface area (Å²) in [6, 6.07) is 3.99.